The number of benzene rings is 1. The number of amides is 1. The Morgan fingerprint density at radius 2 is 2.30 bits per heavy atom. The number of fused-ring (bicyclic) bond motifs is 1. The van der Waals surface area contributed by atoms with E-state index < -0.39 is 0 Å². The number of piperidine rings is 1. The zero-order valence-corrected chi connectivity index (χ0v) is 14.4. The number of carbonyl (C=O) groups excluding carboxylic acids is 1. The maximum absolute atomic E-state index is 12.6. The van der Waals surface area contributed by atoms with Gasteiger partial charge < -0.3 is 5.11 Å². The molecule has 3 rings (SSSR count). The number of likely N-dealkylation sites (tertiary alicyclic amines) is 1. The molecule has 2 atom stereocenters. The van der Waals surface area contributed by atoms with Gasteiger partial charge in [-0.2, -0.15) is 0 Å². The minimum atomic E-state index is -0.310. The third kappa shape index (κ3) is 3.71. The first-order valence-corrected chi connectivity index (χ1v) is 8.89. The van der Waals surface area contributed by atoms with Crippen molar-refractivity contribution in [3.63, 3.8) is 0 Å². The minimum absolute atomic E-state index is 0.0512. The molecule has 2 heterocycles. The fourth-order valence-electron chi connectivity index (χ4n) is 3.04. The highest BCUT2D eigenvalue weighted by Crippen LogP contribution is 2.28. The summed E-state index contributed by atoms with van der Waals surface area (Å²) in [6.45, 7) is 3.93. The fourth-order valence-corrected chi connectivity index (χ4v) is 3.98. The van der Waals surface area contributed by atoms with Crippen molar-refractivity contribution in [1.29, 1.82) is 0 Å². The monoisotopic (exact) mass is 333 g/mol. The lowest BCUT2D eigenvalue weighted by Crippen LogP contribution is -2.45. The first-order valence-electron chi connectivity index (χ1n) is 8.07. The van der Waals surface area contributed by atoms with Crippen LogP contribution in [0.2, 0.25) is 0 Å². The molecule has 2 unspecified atom stereocenters. The van der Waals surface area contributed by atoms with Crippen LogP contribution in [0.25, 0.3) is 10.2 Å². The van der Waals surface area contributed by atoms with E-state index in [0.717, 1.165) is 41.3 Å². The van der Waals surface area contributed by atoms with Crippen molar-refractivity contribution in [2.75, 3.05) is 31.6 Å². The van der Waals surface area contributed by atoms with E-state index in [4.69, 9.17) is 0 Å². The number of hydrogen-bond donors (Lipinski definition) is 1. The second-order valence-corrected chi connectivity index (χ2v) is 7.30. The molecule has 1 aliphatic heterocycles. The van der Waals surface area contributed by atoms with Crippen LogP contribution >= 0.6 is 11.3 Å². The zero-order valence-electron chi connectivity index (χ0n) is 13.6. The molecule has 1 saturated heterocycles. The van der Waals surface area contributed by atoms with E-state index in [1.54, 1.807) is 11.9 Å². The number of likely N-dealkylation sites (N-methyl/N-ethyl adjacent to an activating group) is 1. The van der Waals surface area contributed by atoms with Crippen LogP contribution in [0.5, 0.6) is 0 Å². The summed E-state index contributed by atoms with van der Waals surface area (Å²) < 4.78 is 1.09. The van der Waals surface area contributed by atoms with Gasteiger partial charge in [0.2, 0.25) is 5.91 Å². The van der Waals surface area contributed by atoms with E-state index in [0.29, 0.717) is 6.54 Å². The maximum Gasteiger partial charge on any atom is 0.242 e. The molecule has 0 spiro atoms. The summed E-state index contributed by atoms with van der Waals surface area (Å²) in [6, 6.07) is 7.92. The van der Waals surface area contributed by atoms with E-state index in [9.17, 15) is 9.90 Å². The predicted octanol–water partition coefficient (Wildman–Crippen LogP) is 2.35. The summed E-state index contributed by atoms with van der Waals surface area (Å²) in [4.78, 5) is 20.9. The standard InChI is InChI=1S/C17H23N3O2S/c1-12(21)13-6-5-9-20(10-13)11-16(22)19(2)17-18-14-7-3-4-8-15(14)23-17/h3-4,7-8,12-13,21H,5-6,9-11H2,1-2H3. The third-order valence-corrected chi connectivity index (χ3v) is 5.64. The van der Waals surface area contributed by atoms with Crippen molar-refractivity contribution in [3.05, 3.63) is 24.3 Å². The predicted molar refractivity (Wildman–Crippen MR) is 93.9 cm³/mol. The van der Waals surface area contributed by atoms with E-state index in [2.05, 4.69) is 9.88 Å². The topological polar surface area (TPSA) is 56.7 Å². The molecule has 2 aromatic rings. The quantitative estimate of drug-likeness (QED) is 0.933. The molecule has 6 heteroatoms. The number of nitrogens with zero attached hydrogens (tertiary/aromatic N) is 3. The third-order valence-electron chi connectivity index (χ3n) is 4.53. The summed E-state index contributed by atoms with van der Waals surface area (Å²) in [7, 11) is 1.79. The van der Waals surface area contributed by atoms with Crippen molar-refractivity contribution < 1.29 is 9.90 Å². The van der Waals surface area contributed by atoms with Crippen LogP contribution in [-0.4, -0.2) is 53.7 Å². The molecule has 124 valence electrons. The molecule has 0 bridgehead atoms. The summed E-state index contributed by atoms with van der Waals surface area (Å²) in [5.41, 5.74) is 0.930. The Kier molecular flexibility index (Phi) is 4.94. The maximum atomic E-state index is 12.6. The van der Waals surface area contributed by atoms with E-state index >= 15 is 0 Å². The summed E-state index contributed by atoms with van der Waals surface area (Å²) >= 11 is 1.54. The lowest BCUT2D eigenvalue weighted by Gasteiger charge is -2.34. The van der Waals surface area contributed by atoms with Gasteiger partial charge in [-0.3, -0.25) is 14.6 Å². The molecule has 0 aliphatic carbocycles. The fraction of sp³-hybridized carbons (Fsp3) is 0.529. The Bertz CT molecular complexity index is 652. The highest BCUT2D eigenvalue weighted by Gasteiger charge is 2.26. The van der Waals surface area contributed by atoms with Crippen molar-refractivity contribution in [2.24, 2.45) is 5.92 Å². The normalized spacial score (nSPS) is 20.6. The van der Waals surface area contributed by atoms with Crippen LogP contribution in [0, 0.1) is 5.92 Å². The van der Waals surface area contributed by atoms with Gasteiger partial charge in [0.05, 0.1) is 22.9 Å². The van der Waals surface area contributed by atoms with Crippen LogP contribution in [-0.2, 0) is 4.79 Å². The number of aliphatic hydroxyl groups is 1. The van der Waals surface area contributed by atoms with Gasteiger partial charge in [0, 0.05) is 13.6 Å². The van der Waals surface area contributed by atoms with Gasteiger partial charge in [-0.05, 0) is 44.4 Å². The number of hydrogen-bond acceptors (Lipinski definition) is 5. The number of carbonyl (C=O) groups is 1. The van der Waals surface area contributed by atoms with Gasteiger partial charge >= 0.3 is 0 Å². The second-order valence-electron chi connectivity index (χ2n) is 6.29. The highest BCUT2D eigenvalue weighted by atomic mass is 32.1. The van der Waals surface area contributed by atoms with Crippen molar-refractivity contribution in [1.82, 2.24) is 9.88 Å². The number of para-hydroxylation sites is 1. The van der Waals surface area contributed by atoms with Gasteiger partial charge in [0.15, 0.2) is 5.13 Å². The molecule has 1 fully saturated rings. The molecule has 0 saturated carbocycles. The van der Waals surface area contributed by atoms with Gasteiger partial charge in [0.1, 0.15) is 0 Å². The van der Waals surface area contributed by atoms with Gasteiger partial charge in [-0.15, -0.1) is 0 Å². The molecule has 1 N–H and O–H groups in total. The van der Waals surface area contributed by atoms with Crippen LogP contribution in [0.15, 0.2) is 24.3 Å². The van der Waals surface area contributed by atoms with Crippen LogP contribution in [0.4, 0.5) is 5.13 Å². The number of aliphatic hydroxyl groups excluding tert-OH is 1. The molecule has 1 amide bonds. The summed E-state index contributed by atoms with van der Waals surface area (Å²) in [6.07, 6.45) is 1.76. The summed E-state index contributed by atoms with van der Waals surface area (Å²) in [5.74, 6) is 0.319. The first kappa shape index (κ1) is 16.4. The zero-order chi connectivity index (χ0) is 16.4. The van der Waals surface area contributed by atoms with E-state index in [1.807, 2.05) is 31.2 Å². The lowest BCUT2D eigenvalue weighted by atomic mass is 9.93. The first-order chi connectivity index (χ1) is 11.0. The number of anilines is 1. The molecule has 23 heavy (non-hydrogen) atoms. The average molecular weight is 333 g/mol. The van der Waals surface area contributed by atoms with Crippen molar-refractivity contribution in [2.45, 2.75) is 25.9 Å². The Morgan fingerprint density at radius 3 is 3.04 bits per heavy atom. The van der Waals surface area contributed by atoms with E-state index in [1.165, 1.54) is 11.3 Å². The molecule has 1 aromatic carbocycles. The lowest BCUT2D eigenvalue weighted by molar-refractivity contribution is -0.120. The Balaban J connectivity index is 1.65. The average Bonchev–Trinajstić information content (AvgIpc) is 2.98. The largest absolute Gasteiger partial charge is 0.393 e. The molecule has 0 radical (unpaired) electrons. The van der Waals surface area contributed by atoms with Crippen molar-refractivity contribution >= 4 is 32.6 Å². The minimum Gasteiger partial charge on any atom is -0.393 e. The van der Waals surface area contributed by atoms with Crippen LogP contribution in [0.3, 0.4) is 0 Å². The molecule has 1 aromatic heterocycles. The van der Waals surface area contributed by atoms with Gasteiger partial charge in [0.25, 0.3) is 0 Å². The van der Waals surface area contributed by atoms with E-state index in [-0.39, 0.29) is 17.9 Å². The Labute approximate surface area is 140 Å². The smallest absolute Gasteiger partial charge is 0.242 e. The number of aromatic nitrogens is 1. The Morgan fingerprint density at radius 1 is 1.52 bits per heavy atom. The molecular formula is C17H23N3O2S. The number of rotatable bonds is 4. The van der Waals surface area contributed by atoms with Gasteiger partial charge in [-0.25, -0.2) is 4.98 Å². The van der Waals surface area contributed by atoms with Gasteiger partial charge in [-0.1, -0.05) is 23.5 Å². The Hall–Kier alpha value is -1.50. The summed E-state index contributed by atoms with van der Waals surface area (Å²) in [5, 5.41) is 10.5. The van der Waals surface area contributed by atoms with Crippen LogP contribution in [0.1, 0.15) is 19.8 Å². The van der Waals surface area contributed by atoms with Crippen molar-refractivity contribution in [3.8, 4) is 0 Å². The number of thiazole rings is 1. The molecular weight excluding hydrogens is 310 g/mol. The SMILES string of the molecule is CC(O)C1CCCN(CC(=O)N(C)c2nc3ccccc3s2)C1. The highest BCUT2D eigenvalue weighted by molar-refractivity contribution is 7.22. The second kappa shape index (κ2) is 6.95. The van der Waals surface area contributed by atoms with Crippen LogP contribution < -0.4 is 4.90 Å². The molecule has 5 nitrogen and oxygen atoms in total. The molecule has 1 aliphatic rings.